The Balaban J connectivity index is 2.99. The van der Waals surface area contributed by atoms with Crippen molar-refractivity contribution in [3.05, 3.63) is 48.9 Å². The van der Waals surface area contributed by atoms with Crippen molar-refractivity contribution in [1.82, 2.24) is 0 Å². The fourth-order valence-electron chi connectivity index (χ4n) is 1.60. The zero-order chi connectivity index (χ0) is 11.1. The summed E-state index contributed by atoms with van der Waals surface area (Å²) in [6, 6.07) is 10.0. The molecule has 15 heavy (non-hydrogen) atoms. The van der Waals surface area contributed by atoms with Gasteiger partial charge in [0.05, 0.1) is 0 Å². The third-order valence-corrected chi connectivity index (χ3v) is 3.13. The monoisotopic (exact) mass is 221 g/mol. The van der Waals surface area contributed by atoms with Crippen LogP contribution in [0.25, 0.3) is 10.8 Å². The molecular weight excluding hydrogens is 212 g/mol. The summed E-state index contributed by atoms with van der Waals surface area (Å²) in [6.07, 6.45) is 0. The molecule has 0 fully saturated rings. The summed E-state index contributed by atoms with van der Waals surface area (Å²) in [7, 11) is -4.19. The Kier molecular flexibility index (Phi) is 2.25. The maximum absolute atomic E-state index is 11.1. The third kappa shape index (κ3) is 1.73. The number of hydrogen-bond donors (Lipinski definition) is 1. The van der Waals surface area contributed by atoms with Crippen LogP contribution < -0.4 is 0 Å². The highest BCUT2D eigenvalue weighted by atomic mass is 32.2. The van der Waals surface area contributed by atoms with Crippen LogP contribution in [0.4, 0.5) is 0 Å². The van der Waals surface area contributed by atoms with E-state index in [2.05, 4.69) is 6.92 Å². The van der Waals surface area contributed by atoms with Crippen molar-refractivity contribution in [2.75, 3.05) is 0 Å². The van der Waals surface area contributed by atoms with Crippen molar-refractivity contribution in [2.24, 2.45) is 0 Å². The highest BCUT2D eigenvalue weighted by Crippen LogP contribution is 2.25. The molecule has 0 amide bonds. The minimum absolute atomic E-state index is 0.0920. The molecule has 3 nitrogen and oxygen atoms in total. The van der Waals surface area contributed by atoms with Gasteiger partial charge in [-0.25, -0.2) is 0 Å². The van der Waals surface area contributed by atoms with Gasteiger partial charge in [0.25, 0.3) is 10.1 Å². The van der Waals surface area contributed by atoms with Gasteiger partial charge >= 0.3 is 0 Å². The van der Waals surface area contributed by atoms with Gasteiger partial charge in [-0.15, -0.1) is 0 Å². The van der Waals surface area contributed by atoms with Gasteiger partial charge in [-0.1, -0.05) is 30.3 Å². The molecule has 0 spiro atoms. The summed E-state index contributed by atoms with van der Waals surface area (Å²) in [4.78, 5) is -0.0920. The largest absolute Gasteiger partial charge is 0.295 e. The van der Waals surface area contributed by atoms with E-state index in [1.54, 1.807) is 30.3 Å². The van der Waals surface area contributed by atoms with Crippen molar-refractivity contribution >= 4 is 20.9 Å². The zero-order valence-electron chi connectivity index (χ0n) is 7.84. The number of rotatable bonds is 1. The molecule has 0 heterocycles. The average molecular weight is 221 g/mol. The number of benzene rings is 2. The molecule has 0 bridgehead atoms. The van der Waals surface area contributed by atoms with Crippen molar-refractivity contribution in [2.45, 2.75) is 4.90 Å². The standard InChI is InChI=1S/C11H9O3S/c1-8-4-2-5-9-6-3-7-10(11(8)9)15(12,13)14/h2-7H,1H2,(H,12,13,14). The van der Waals surface area contributed by atoms with Crippen LogP contribution in [0.1, 0.15) is 5.56 Å². The minimum Gasteiger partial charge on any atom is -0.282 e. The zero-order valence-corrected chi connectivity index (χ0v) is 8.66. The SMILES string of the molecule is [CH2]c1cccc2cccc(S(=O)(=O)O)c12. The van der Waals surface area contributed by atoms with E-state index in [0.29, 0.717) is 10.9 Å². The van der Waals surface area contributed by atoms with Gasteiger partial charge in [0.15, 0.2) is 0 Å². The number of fused-ring (bicyclic) bond motifs is 1. The first kappa shape index (κ1) is 10.1. The molecule has 2 aromatic carbocycles. The fourth-order valence-corrected chi connectivity index (χ4v) is 2.35. The van der Waals surface area contributed by atoms with E-state index in [4.69, 9.17) is 4.55 Å². The van der Waals surface area contributed by atoms with Crippen molar-refractivity contribution < 1.29 is 13.0 Å². The van der Waals surface area contributed by atoms with Gasteiger partial charge in [0, 0.05) is 5.39 Å². The van der Waals surface area contributed by atoms with Crippen molar-refractivity contribution in [1.29, 1.82) is 0 Å². The highest BCUT2D eigenvalue weighted by Gasteiger charge is 2.14. The molecule has 0 aliphatic carbocycles. The van der Waals surface area contributed by atoms with Gasteiger partial charge in [0.1, 0.15) is 4.90 Å². The van der Waals surface area contributed by atoms with Gasteiger partial charge in [-0.3, -0.25) is 4.55 Å². The molecule has 1 radical (unpaired) electrons. The lowest BCUT2D eigenvalue weighted by molar-refractivity contribution is 0.484. The summed E-state index contributed by atoms with van der Waals surface area (Å²) in [5.41, 5.74) is 0.584. The van der Waals surface area contributed by atoms with Crippen molar-refractivity contribution in [3.8, 4) is 0 Å². The van der Waals surface area contributed by atoms with E-state index in [1.807, 2.05) is 0 Å². The summed E-state index contributed by atoms with van der Waals surface area (Å²) >= 11 is 0. The Bertz CT molecular complexity index is 610. The molecule has 2 aromatic rings. The van der Waals surface area contributed by atoms with Crippen LogP contribution in [0.15, 0.2) is 41.3 Å². The molecule has 2 rings (SSSR count). The summed E-state index contributed by atoms with van der Waals surface area (Å²) in [5, 5.41) is 1.22. The van der Waals surface area contributed by atoms with E-state index in [0.717, 1.165) is 5.39 Å². The lowest BCUT2D eigenvalue weighted by atomic mass is 10.1. The molecule has 0 aliphatic heterocycles. The lowest BCUT2D eigenvalue weighted by Crippen LogP contribution is -1.99. The van der Waals surface area contributed by atoms with Crippen LogP contribution in [0.3, 0.4) is 0 Å². The second-order valence-electron chi connectivity index (χ2n) is 3.25. The van der Waals surface area contributed by atoms with Gasteiger partial charge in [0.2, 0.25) is 0 Å². The van der Waals surface area contributed by atoms with Gasteiger partial charge in [-0.05, 0) is 23.9 Å². The van der Waals surface area contributed by atoms with Crippen LogP contribution >= 0.6 is 0 Å². The molecule has 0 aromatic heterocycles. The van der Waals surface area contributed by atoms with Crippen molar-refractivity contribution in [3.63, 3.8) is 0 Å². The van der Waals surface area contributed by atoms with Crippen LogP contribution in [-0.2, 0) is 10.1 Å². The predicted octanol–water partition coefficient (Wildman–Crippen LogP) is 2.27. The predicted molar refractivity (Wildman–Crippen MR) is 58.2 cm³/mol. The maximum Gasteiger partial charge on any atom is 0.295 e. The Labute approximate surface area is 88.1 Å². The van der Waals surface area contributed by atoms with Gasteiger partial charge in [-0.2, -0.15) is 8.42 Å². The molecule has 4 heteroatoms. The summed E-state index contributed by atoms with van der Waals surface area (Å²) < 4.78 is 31.3. The molecule has 0 aliphatic rings. The Morgan fingerprint density at radius 3 is 2.27 bits per heavy atom. The Hall–Kier alpha value is -1.39. The maximum atomic E-state index is 11.1. The van der Waals surface area contributed by atoms with E-state index in [-0.39, 0.29) is 4.90 Å². The first-order chi connectivity index (χ1) is 7.00. The second-order valence-corrected chi connectivity index (χ2v) is 4.64. The van der Waals surface area contributed by atoms with E-state index in [9.17, 15) is 8.42 Å². The molecule has 0 unspecified atom stereocenters. The van der Waals surface area contributed by atoms with E-state index < -0.39 is 10.1 Å². The first-order valence-electron chi connectivity index (χ1n) is 4.31. The molecule has 0 saturated carbocycles. The van der Waals surface area contributed by atoms with Crippen LogP contribution in [0.2, 0.25) is 0 Å². The average Bonchev–Trinajstić information content (AvgIpc) is 2.16. The second kappa shape index (κ2) is 3.32. The van der Waals surface area contributed by atoms with Crippen LogP contribution in [0.5, 0.6) is 0 Å². The highest BCUT2D eigenvalue weighted by molar-refractivity contribution is 7.86. The quantitative estimate of drug-likeness (QED) is 0.751. The lowest BCUT2D eigenvalue weighted by Gasteiger charge is -2.05. The topological polar surface area (TPSA) is 54.4 Å². The van der Waals surface area contributed by atoms with E-state index >= 15 is 0 Å². The number of hydrogen-bond acceptors (Lipinski definition) is 2. The normalized spacial score (nSPS) is 11.9. The fraction of sp³-hybridized carbons (Fsp3) is 0. The summed E-state index contributed by atoms with van der Waals surface area (Å²) in [6.45, 7) is 3.75. The van der Waals surface area contributed by atoms with Gasteiger partial charge < -0.3 is 0 Å². The molecule has 0 saturated heterocycles. The minimum atomic E-state index is -4.19. The Morgan fingerprint density at radius 1 is 1.07 bits per heavy atom. The van der Waals surface area contributed by atoms with Crippen LogP contribution in [-0.4, -0.2) is 13.0 Å². The smallest absolute Gasteiger partial charge is 0.282 e. The first-order valence-corrected chi connectivity index (χ1v) is 5.75. The van der Waals surface area contributed by atoms with E-state index in [1.165, 1.54) is 6.07 Å². The third-order valence-electron chi connectivity index (χ3n) is 2.23. The molecular formula is C11H9O3S. The van der Waals surface area contributed by atoms with Crippen LogP contribution in [0, 0.1) is 6.92 Å². The molecule has 77 valence electrons. The Morgan fingerprint density at radius 2 is 1.67 bits per heavy atom. The summed E-state index contributed by atoms with van der Waals surface area (Å²) in [5.74, 6) is 0. The molecule has 1 N–H and O–H groups in total. The molecule has 0 atom stereocenters.